The number of nitrogens with zero attached hydrogens (tertiary/aromatic N) is 1. The molecule has 0 aliphatic heterocycles. The zero-order valence-corrected chi connectivity index (χ0v) is 13.7. The average Bonchev–Trinajstić information content (AvgIpc) is 3.02. The van der Waals surface area contributed by atoms with Gasteiger partial charge in [0.1, 0.15) is 0 Å². The van der Waals surface area contributed by atoms with Crippen LogP contribution in [0, 0.1) is 0 Å². The second-order valence-electron chi connectivity index (χ2n) is 5.33. The molecule has 0 aliphatic carbocycles. The zero-order valence-electron chi connectivity index (χ0n) is 12.9. The standard InChI is InChI=1S/C18H13F3N2OS/c19-18(20,21)14-8-4-5-12(9-14)10-15-11-22-17(25-15)23-16(24)13-6-2-1-3-7-13/h1-9,11H,10H2,(H,22,23,24). The normalized spacial score (nSPS) is 11.3. The zero-order chi connectivity index (χ0) is 17.9. The number of aromatic nitrogens is 1. The van der Waals surface area contributed by atoms with E-state index in [9.17, 15) is 18.0 Å². The van der Waals surface area contributed by atoms with Gasteiger partial charge in [-0.2, -0.15) is 13.2 Å². The minimum absolute atomic E-state index is 0.277. The molecule has 0 saturated carbocycles. The highest BCUT2D eigenvalue weighted by Crippen LogP contribution is 2.30. The first-order valence-corrected chi connectivity index (χ1v) is 8.21. The van der Waals surface area contributed by atoms with Gasteiger partial charge in [-0.05, 0) is 23.8 Å². The summed E-state index contributed by atoms with van der Waals surface area (Å²) < 4.78 is 38.3. The van der Waals surface area contributed by atoms with Crippen LogP contribution in [0.1, 0.15) is 26.4 Å². The Balaban J connectivity index is 1.69. The van der Waals surface area contributed by atoms with E-state index in [-0.39, 0.29) is 5.91 Å². The number of hydrogen-bond donors (Lipinski definition) is 1. The Kier molecular flexibility index (Phi) is 4.85. The fraction of sp³-hybridized carbons (Fsp3) is 0.111. The van der Waals surface area contributed by atoms with Gasteiger partial charge in [0.05, 0.1) is 5.56 Å². The van der Waals surface area contributed by atoms with Gasteiger partial charge in [0.25, 0.3) is 5.91 Å². The summed E-state index contributed by atoms with van der Waals surface area (Å²) in [6, 6.07) is 13.9. The van der Waals surface area contributed by atoms with Crippen LogP contribution in [0.2, 0.25) is 0 Å². The Labute approximate surface area is 146 Å². The lowest BCUT2D eigenvalue weighted by atomic mass is 10.1. The Morgan fingerprint density at radius 1 is 1.08 bits per heavy atom. The molecule has 1 amide bonds. The summed E-state index contributed by atoms with van der Waals surface area (Å²) in [5.41, 5.74) is 0.378. The second-order valence-corrected chi connectivity index (χ2v) is 6.44. The van der Waals surface area contributed by atoms with Gasteiger partial charge in [0.2, 0.25) is 0 Å². The molecule has 1 heterocycles. The smallest absolute Gasteiger partial charge is 0.298 e. The summed E-state index contributed by atoms with van der Waals surface area (Å²) in [5, 5.41) is 3.10. The molecule has 128 valence electrons. The number of anilines is 1. The van der Waals surface area contributed by atoms with Crippen molar-refractivity contribution in [2.75, 3.05) is 5.32 Å². The molecule has 0 atom stereocenters. The number of hydrogen-bond acceptors (Lipinski definition) is 3. The summed E-state index contributed by atoms with van der Waals surface area (Å²) >= 11 is 1.24. The minimum atomic E-state index is -4.36. The van der Waals surface area contributed by atoms with Gasteiger partial charge in [0.15, 0.2) is 5.13 Å². The van der Waals surface area contributed by atoms with Gasteiger partial charge in [-0.25, -0.2) is 4.98 Å². The molecule has 1 aromatic heterocycles. The molecule has 25 heavy (non-hydrogen) atoms. The van der Waals surface area contributed by atoms with Crippen molar-refractivity contribution in [1.29, 1.82) is 0 Å². The summed E-state index contributed by atoms with van der Waals surface area (Å²) in [4.78, 5) is 16.9. The summed E-state index contributed by atoms with van der Waals surface area (Å²) in [5.74, 6) is -0.277. The molecule has 0 unspecified atom stereocenters. The van der Waals surface area contributed by atoms with Gasteiger partial charge >= 0.3 is 6.18 Å². The third-order valence-corrected chi connectivity index (χ3v) is 4.36. The molecule has 3 rings (SSSR count). The number of rotatable bonds is 4. The molecule has 7 heteroatoms. The molecule has 0 fully saturated rings. The van der Waals surface area contributed by atoms with Crippen LogP contribution < -0.4 is 5.32 Å². The van der Waals surface area contributed by atoms with E-state index in [0.29, 0.717) is 22.7 Å². The van der Waals surface area contributed by atoms with Crippen LogP contribution in [0.25, 0.3) is 0 Å². The van der Waals surface area contributed by atoms with Crippen LogP contribution in [-0.2, 0) is 12.6 Å². The lowest BCUT2D eigenvalue weighted by Crippen LogP contribution is -2.11. The van der Waals surface area contributed by atoms with Crippen molar-refractivity contribution in [3.8, 4) is 0 Å². The summed E-state index contributed by atoms with van der Waals surface area (Å²) in [7, 11) is 0. The topological polar surface area (TPSA) is 42.0 Å². The Morgan fingerprint density at radius 2 is 1.84 bits per heavy atom. The molecule has 0 radical (unpaired) electrons. The lowest BCUT2D eigenvalue weighted by Gasteiger charge is -2.07. The predicted octanol–water partition coefficient (Wildman–Crippen LogP) is 5.01. The van der Waals surface area contributed by atoms with E-state index >= 15 is 0 Å². The highest BCUT2D eigenvalue weighted by atomic mass is 32.1. The SMILES string of the molecule is O=C(Nc1ncc(Cc2cccc(C(F)(F)F)c2)s1)c1ccccc1. The fourth-order valence-corrected chi connectivity index (χ4v) is 3.11. The number of alkyl halides is 3. The first-order valence-electron chi connectivity index (χ1n) is 7.39. The van der Waals surface area contributed by atoms with Gasteiger partial charge in [-0.15, -0.1) is 11.3 Å². The van der Waals surface area contributed by atoms with E-state index in [1.54, 1.807) is 36.5 Å². The number of thiazole rings is 1. The highest BCUT2D eigenvalue weighted by Gasteiger charge is 2.30. The Bertz CT molecular complexity index is 875. The van der Waals surface area contributed by atoms with Gasteiger partial charge in [-0.1, -0.05) is 36.4 Å². The molecule has 1 N–H and O–H groups in total. The van der Waals surface area contributed by atoms with E-state index in [0.717, 1.165) is 17.0 Å². The monoisotopic (exact) mass is 362 g/mol. The van der Waals surface area contributed by atoms with E-state index in [1.165, 1.54) is 17.4 Å². The summed E-state index contributed by atoms with van der Waals surface area (Å²) in [6.45, 7) is 0. The Hall–Kier alpha value is -2.67. The van der Waals surface area contributed by atoms with Crippen molar-refractivity contribution in [3.05, 3.63) is 82.4 Å². The number of carbonyl (C=O) groups is 1. The molecule has 3 aromatic rings. The fourth-order valence-electron chi connectivity index (χ4n) is 2.26. The third kappa shape index (κ3) is 4.45. The van der Waals surface area contributed by atoms with Crippen molar-refractivity contribution in [1.82, 2.24) is 4.98 Å². The maximum Gasteiger partial charge on any atom is 0.416 e. The van der Waals surface area contributed by atoms with Crippen LogP contribution in [0.3, 0.4) is 0 Å². The van der Waals surface area contributed by atoms with Gasteiger partial charge < -0.3 is 0 Å². The van der Waals surface area contributed by atoms with Crippen LogP contribution >= 0.6 is 11.3 Å². The van der Waals surface area contributed by atoms with Crippen LogP contribution in [-0.4, -0.2) is 10.9 Å². The van der Waals surface area contributed by atoms with Crippen molar-refractivity contribution in [2.45, 2.75) is 12.6 Å². The molecular weight excluding hydrogens is 349 g/mol. The van der Waals surface area contributed by atoms with E-state index in [2.05, 4.69) is 10.3 Å². The molecule has 2 aromatic carbocycles. The second kappa shape index (κ2) is 7.06. The number of halogens is 3. The highest BCUT2D eigenvalue weighted by molar-refractivity contribution is 7.15. The molecular formula is C18H13F3N2OS. The maximum atomic E-state index is 12.8. The van der Waals surface area contributed by atoms with Crippen LogP contribution in [0.15, 0.2) is 60.8 Å². The van der Waals surface area contributed by atoms with Crippen LogP contribution in [0.5, 0.6) is 0 Å². The number of benzene rings is 2. The maximum absolute atomic E-state index is 12.8. The van der Waals surface area contributed by atoms with Crippen LogP contribution in [0.4, 0.5) is 18.3 Å². The average molecular weight is 362 g/mol. The Morgan fingerprint density at radius 3 is 2.56 bits per heavy atom. The van der Waals surface area contributed by atoms with Crippen molar-refractivity contribution in [2.24, 2.45) is 0 Å². The van der Waals surface area contributed by atoms with Gasteiger partial charge in [-0.3, -0.25) is 10.1 Å². The predicted molar refractivity (Wildman–Crippen MR) is 90.8 cm³/mol. The van der Waals surface area contributed by atoms with Crippen molar-refractivity contribution < 1.29 is 18.0 Å². The molecule has 0 aliphatic rings. The lowest BCUT2D eigenvalue weighted by molar-refractivity contribution is -0.137. The number of carbonyl (C=O) groups excluding carboxylic acids is 1. The largest absolute Gasteiger partial charge is 0.416 e. The first kappa shape index (κ1) is 17.2. The first-order chi connectivity index (χ1) is 11.9. The van der Waals surface area contributed by atoms with E-state index < -0.39 is 11.7 Å². The number of amides is 1. The molecule has 0 spiro atoms. The molecule has 0 bridgehead atoms. The van der Waals surface area contributed by atoms with E-state index in [1.807, 2.05) is 6.07 Å². The number of nitrogens with one attached hydrogen (secondary N) is 1. The quantitative estimate of drug-likeness (QED) is 0.709. The van der Waals surface area contributed by atoms with Crippen molar-refractivity contribution >= 4 is 22.4 Å². The molecule has 3 nitrogen and oxygen atoms in total. The van der Waals surface area contributed by atoms with Gasteiger partial charge in [0, 0.05) is 23.1 Å². The third-order valence-electron chi connectivity index (χ3n) is 3.44. The van der Waals surface area contributed by atoms with Crippen molar-refractivity contribution in [3.63, 3.8) is 0 Å². The van der Waals surface area contributed by atoms with E-state index in [4.69, 9.17) is 0 Å². The molecule has 0 saturated heterocycles. The minimum Gasteiger partial charge on any atom is -0.298 e. The summed E-state index contributed by atoms with van der Waals surface area (Å²) in [6.07, 6.45) is -2.48.